The molecule has 0 unspecified atom stereocenters. The lowest BCUT2D eigenvalue weighted by Crippen LogP contribution is -2.51. The predicted molar refractivity (Wildman–Crippen MR) is 61.4 cm³/mol. The molecular formula is C12H23NO3. The second kappa shape index (κ2) is 6.55. The molecule has 0 aromatic heterocycles. The Balaban J connectivity index is 1.78. The van der Waals surface area contributed by atoms with Gasteiger partial charge in [-0.05, 0) is 19.3 Å². The number of nitrogens with one attached hydrogen (secondary N) is 1. The molecule has 0 aromatic rings. The predicted octanol–water partition coefficient (Wildman–Crippen LogP) is 0.685. The van der Waals surface area contributed by atoms with Crippen molar-refractivity contribution >= 4 is 0 Å². The smallest absolute Gasteiger partial charge is 0.0773 e. The lowest BCUT2D eigenvalue weighted by molar-refractivity contribution is -0.0656. The Morgan fingerprint density at radius 3 is 2.81 bits per heavy atom. The molecule has 16 heavy (non-hydrogen) atoms. The van der Waals surface area contributed by atoms with Crippen molar-refractivity contribution in [3.63, 3.8) is 0 Å². The van der Waals surface area contributed by atoms with Gasteiger partial charge in [-0.2, -0.15) is 0 Å². The third-order valence-electron chi connectivity index (χ3n) is 3.52. The Bertz CT molecular complexity index is 195. The first-order valence-corrected chi connectivity index (χ1v) is 6.46. The highest BCUT2D eigenvalue weighted by molar-refractivity contribution is 4.85. The fourth-order valence-corrected chi connectivity index (χ4v) is 2.67. The van der Waals surface area contributed by atoms with Gasteiger partial charge in [-0.3, -0.25) is 0 Å². The maximum atomic E-state index is 8.79. The SMILES string of the molecule is OCCO[C@H]1CCOC[C@H]1NC1CCCC1. The highest BCUT2D eigenvalue weighted by Gasteiger charge is 2.29. The van der Waals surface area contributed by atoms with Crippen LogP contribution < -0.4 is 5.32 Å². The minimum Gasteiger partial charge on any atom is -0.394 e. The number of aliphatic hydroxyl groups is 1. The standard InChI is InChI=1S/C12H23NO3/c14-6-8-16-12-5-7-15-9-11(12)13-10-3-1-2-4-10/h10-14H,1-9H2/t11-,12+/m1/s1. The molecule has 2 atom stereocenters. The number of hydrogen-bond donors (Lipinski definition) is 2. The summed E-state index contributed by atoms with van der Waals surface area (Å²) in [5.41, 5.74) is 0. The molecule has 94 valence electrons. The number of rotatable bonds is 5. The third kappa shape index (κ3) is 3.42. The van der Waals surface area contributed by atoms with Crippen LogP contribution in [0.25, 0.3) is 0 Å². The Hall–Kier alpha value is -0.160. The van der Waals surface area contributed by atoms with Crippen LogP contribution in [-0.2, 0) is 9.47 Å². The third-order valence-corrected chi connectivity index (χ3v) is 3.52. The van der Waals surface area contributed by atoms with E-state index in [1.807, 2.05) is 0 Å². The van der Waals surface area contributed by atoms with Crippen LogP contribution in [0.5, 0.6) is 0 Å². The van der Waals surface area contributed by atoms with Crippen LogP contribution >= 0.6 is 0 Å². The summed E-state index contributed by atoms with van der Waals surface area (Å²) in [6.07, 6.45) is 6.39. The minimum atomic E-state index is 0.105. The van der Waals surface area contributed by atoms with Gasteiger partial charge >= 0.3 is 0 Å². The van der Waals surface area contributed by atoms with Crippen molar-refractivity contribution in [1.29, 1.82) is 0 Å². The molecule has 0 aromatic carbocycles. The maximum absolute atomic E-state index is 8.79. The van der Waals surface area contributed by atoms with Gasteiger partial charge in [0.05, 0.1) is 32.0 Å². The molecule has 1 saturated heterocycles. The van der Waals surface area contributed by atoms with Crippen molar-refractivity contribution in [2.24, 2.45) is 0 Å². The van der Waals surface area contributed by atoms with Crippen molar-refractivity contribution < 1.29 is 14.6 Å². The quantitative estimate of drug-likeness (QED) is 0.728. The van der Waals surface area contributed by atoms with Crippen LogP contribution in [0.1, 0.15) is 32.1 Å². The molecule has 0 bridgehead atoms. The van der Waals surface area contributed by atoms with Gasteiger partial charge in [-0.1, -0.05) is 12.8 Å². The molecule has 2 rings (SSSR count). The maximum Gasteiger partial charge on any atom is 0.0773 e. The average molecular weight is 229 g/mol. The second-order valence-corrected chi connectivity index (χ2v) is 4.75. The van der Waals surface area contributed by atoms with Gasteiger partial charge in [0.25, 0.3) is 0 Å². The van der Waals surface area contributed by atoms with E-state index in [2.05, 4.69) is 5.32 Å². The first kappa shape index (κ1) is 12.3. The molecule has 1 aliphatic carbocycles. The van der Waals surface area contributed by atoms with Gasteiger partial charge in [0.15, 0.2) is 0 Å². The van der Waals surface area contributed by atoms with E-state index >= 15 is 0 Å². The van der Waals surface area contributed by atoms with Gasteiger partial charge in [0.2, 0.25) is 0 Å². The lowest BCUT2D eigenvalue weighted by atomic mass is 10.0. The van der Waals surface area contributed by atoms with Crippen LogP contribution in [-0.4, -0.2) is 49.7 Å². The van der Waals surface area contributed by atoms with Crippen molar-refractivity contribution in [3.8, 4) is 0 Å². The van der Waals surface area contributed by atoms with Crippen LogP contribution in [0.2, 0.25) is 0 Å². The molecule has 0 amide bonds. The Labute approximate surface area is 97.3 Å². The van der Waals surface area contributed by atoms with E-state index in [-0.39, 0.29) is 12.7 Å². The fourth-order valence-electron chi connectivity index (χ4n) is 2.67. The zero-order chi connectivity index (χ0) is 11.2. The van der Waals surface area contributed by atoms with Gasteiger partial charge in [-0.25, -0.2) is 0 Å². The number of hydrogen-bond acceptors (Lipinski definition) is 4. The molecule has 0 radical (unpaired) electrons. The molecule has 1 aliphatic heterocycles. The normalized spacial score (nSPS) is 32.1. The molecule has 2 fully saturated rings. The van der Waals surface area contributed by atoms with Crippen molar-refractivity contribution in [2.45, 2.75) is 50.3 Å². The van der Waals surface area contributed by atoms with Crippen LogP contribution in [0.3, 0.4) is 0 Å². The van der Waals surface area contributed by atoms with Crippen molar-refractivity contribution in [3.05, 3.63) is 0 Å². The van der Waals surface area contributed by atoms with E-state index in [9.17, 15) is 0 Å². The van der Waals surface area contributed by atoms with Gasteiger partial charge < -0.3 is 19.9 Å². The minimum absolute atomic E-state index is 0.105. The van der Waals surface area contributed by atoms with E-state index in [1.165, 1.54) is 25.7 Å². The summed E-state index contributed by atoms with van der Waals surface area (Å²) in [4.78, 5) is 0. The van der Waals surface area contributed by atoms with Crippen LogP contribution in [0.15, 0.2) is 0 Å². The van der Waals surface area contributed by atoms with Crippen molar-refractivity contribution in [1.82, 2.24) is 5.32 Å². The van der Waals surface area contributed by atoms with E-state index in [1.54, 1.807) is 0 Å². The summed E-state index contributed by atoms with van der Waals surface area (Å²) in [6.45, 7) is 2.06. The molecule has 0 spiro atoms. The summed E-state index contributed by atoms with van der Waals surface area (Å²) in [5.74, 6) is 0. The molecule has 4 heteroatoms. The van der Waals surface area contributed by atoms with Crippen LogP contribution in [0.4, 0.5) is 0 Å². The molecule has 1 heterocycles. The lowest BCUT2D eigenvalue weighted by Gasteiger charge is -2.34. The van der Waals surface area contributed by atoms with Gasteiger partial charge in [0.1, 0.15) is 0 Å². The Kier molecular flexibility index (Phi) is 5.03. The van der Waals surface area contributed by atoms with Crippen LogP contribution in [0, 0.1) is 0 Å². The zero-order valence-corrected chi connectivity index (χ0v) is 9.86. The Morgan fingerprint density at radius 2 is 2.06 bits per heavy atom. The molecule has 1 saturated carbocycles. The van der Waals surface area contributed by atoms with E-state index in [0.717, 1.165) is 19.6 Å². The van der Waals surface area contributed by atoms with E-state index < -0.39 is 0 Å². The molecule has 2 aliphatic rings. The average Bonchev–Trinajstić information content (AvgIpc) is 2.81. The van der Waals surface area contributed by atoms with Gasteiger partial charge in [0, 0.05) is 12.6 Å². The fraction of sp³-hybridized carbons (Fsp3) is 1.00. The number of aliphatic hydroxyl groups excluding tert-OH is 1. The molecular weight excluding hydrogens is 206 g/mol. The first-order valence-electron chi connectivity index (χ1n) is 6.46. The molecule has 2 N–H and O–H groups in total. The molecule has 4 nitrogen and oxygen atoms in total. The highest BCUT2D eigenvalue weighted by atomic mass is 16.5. The topological polar surface area (TPSA) is 50.7 Å². The first-order chi connectivity index (χ1) is 7.90. The monoisotopic (exact) mass is 229 g/mol. The number of ether oxygens (including phenoxy) is 2. The highest BCUT2D eigenvalue weighted by Crippen LogP contribution is 2.20. The summed E-state index contributed by atoms with van der Waals surface area (Å²) < 4.78 is 11.2. The summed E-state index contributed by atoms with van der Waals surface area (Å²) >= 11 is 0. The summed E-state index contributed by atoms with van der Waals surface area (Å²) in [6, 6.07) is 0.954. The second-order valence-electron chi connectivity index (χ2n) is 4.75. The van der Waals surface area contributed by atoms with Crippen molar-refractivity contribution in [2.75, 3.05) is 26.4 Å². The van der Waals surface area contributed by atoms with E-state index in [0.29, 0.717) is 18.7 Å². The Morgan fingerprint density at radius 1 is 1.25 bits per heavy atom. The van der Waals surface area contributed by atoms with Gasteiger partial charge in [-0.15, -0.1) is 0 Å². The zero-order valence-electron chi connectivity index (χ0n) is 9.86. The summed E-state index contributed by atoms with van der Waals surface area (Å²) in [7, 11) is 0. The van der Waals surface area contributed by atoms with E-state index in [4.69, 9.17) is 14.6 Å². The largest absolute Gasteiger partial charge is 0.394 e. The summed E-state index contributed by atoms with van der Waals surface area (Å²) in [5, 5.41) is 12.4.